The van der Waals surface area contributed by atoms with E-state index in [2.05, 4.69) is 11.8 Å². The molecule has 2 atom stereocenters. The van der Waals surface area contributed by atoms with E-state index in [1.807, 2.05) is 6.08 Å². The van der Waals surface area contributed by atoms with Crippen LogP contribution >= 0.6 is 0 Å². The van der Waals surface area contributed by atoms with Gasteiger partial charge in [0.25, 0.3) is 12.4 Å². The molecule has 0 aromatic heterocycles. The van der Waals surface area contributed by atoms with E-state index in [1.54, 1.807) is 12.1 Å². The fourth-order valence-electron chi connectivity index (χ4n) is 4.66. The number of benzene rings is 1. The van der Waals surface area contributed by atoms with Gasteiger partial charge in [0.2, 0.25) is 11.5 Å². The summed E-state index contributed by atoms with van der Waals surface area (Å²) in [6.45, 7) is 0.218. The summed E-state index contributed by atoms with van der Waals surface area (Å²) in [4.78, 5) is 30.4. The van der Waals surface area contributed by atoms with E-state index in [0.717, 1.165) is 29.1 Å². The number of allylic oxidation sites excluding steroid dienone is 1. The molecule has 11 heteroatoms. The van der Waals surface area contributed by atoms with Crippen molar-refractivity contribution in [1.82, 2.24) is 5.06 Å². The van der Waals surface area contributed by atoms with Gasteiger partial charge in [0.15, 0.2) is 17.6 Å². The van der Waals surface area contributed by atoms with Gasteiger partial charge in [-0.1, -0.05) is 11.1 Å². The fourth-order valence-corrected chi connectivity index (χ4v) is 4.66. The number of hydroxylamine groups is 2. The molecule has 0 saturated heterocycles. The Morgan fingerprint density at radius 2 is 2.00 bits per heavy atom. The van der Waals surface area contributed by atoms with Crippen LogP contribution in [0.1, 0.15) is 44.1 Å². The third-order valence-corrected chi connectivity index (χ3v) is 6.95. The number of carbonyl (C=O) groups excluding carboxylic acids is 2. The number of fused-ring (bicyclic) bond motifs is 1. The van der Waals surface area contributed by atoms with Crippen molar-refractivity contribution in [3.05, 3.63) is 42.0 Å². The van der Waals surface area contributed by atoms with Crippen molar-refractivity contribution in [2.45, 2.75) is 56.8 Å². The predicted molar refractivity (Wildman–Crippen MR) is 114 cm³/mol. The monoisotopic (exact) mass is 534 g/mol. The standard InChI is InChI=1S/C24H24NO9.Zn/c1-30-22(28)24(8-9-24)25-23(29)33-19-17(32-20(26)12-2-3-12)7-6-15(18(19)34-25)13-4-5-16-14(10-13)11-31-21(16)27;/h6-7,10,12,20,23,26,29H,1-5,8-9,11H2;/q-1;. The van der Waals surface area contributed by atoms with Crippen LogP contribution in [-0.4, -0.2) is 52.1 Å². The molecule has 0 spiro atoms. The van der Waals surface area contributed by atoms with Gasteiger partial charge >= 0.3 is 5.97 Å². The Bertz CT molecular complexity index is 1140. The van der Waals surface area contributed by atoms with Crippen molar-refractivity contribution in [2.24, 2.45) is 5.92 Å². The smallest absolute Gasteiger partial charge is 0.334 e. The average Bonchev–Trinajstić information content (AvgIpc) is 3.76. The Labute approximate surface area is 214 Å². The molecule has 1 aromatic carbocycles. The number of ether oxygens (including phenoxy) is 4. The van der Waals surface area contributed by atoms with Crippen molar-refractivity contribution >= 4 is 17.5 Å². The minimum Gasteiger partial charge on any atom is -0.639 e. The number of carbonyl (C=O) groups is 2. The van der Waals surface area contributed by atoms with E-state index < -0.39 is 24.2 Å². The van der Waals surface area contributed by atoms with Crippen LogP contribution in [0.5, 0.6) is 17.2 Å². The first-order chi connectivity index (χ1) is 16.4. The molecular weight excluding hydrogens is 512 g/mol. The van der Waals surface area contributed by atoms with Gasteiger partial charge < -0.3 is 34.0 Å². The Balaban J connectivity index is 0.00000253. The van der Waals surface area contributed by atoms with Gasteiger partial charge in [-0.25, -0.2) is 4.79 Å². The zero-order valence-corrected chi connectivity index (χ0v) is 22.0. The molecule has 35 heavy (non-hydrogen) atoms. The number of aliphatic hydroxyl groups is 2. The summed E-state index contributed by atoms with van der Waals surface area (Å²) in [5.74, 6) is -0.286. The first-order valence-corrected chi connectivity index (χ1v) is 11.3. The summed E-state index contributed by atoms with van der Waals surface area (Å²) in [5, 5.41) is 22.1. The van der Waals surface area contributed by atoms with Crippen molar-refractivity contribution in [3.8, 4) is 17.2 Å². The summed E-state index contributed by atoms with van der Waals surface area (Å²) in [6, 6.07) is 3.44. The van der Waals surface area contributed by atoms with Crippen LogP contribution in [0, 0.1) is 13.0 Å². The minimum absolute atomic E-state index is 0. The molecule has 2 unspecified atom stereocenters. The second kappa shape index (κ2) is 8.89. The zero-order chi connectivity index (χ0) is 23.6. The maximum atomic E-state index is 12.4. The molecule has 2 aliphatic heterocycles. The largest absolute Gasteiger partial charge is 0.639 e. The molecular formula is C24H24NO9Zn-. The first kappa shape index (κ1) is 24.2. The summed E-state index contributed by atoms with van der Waals surface area (Å²) >= 11 is 0. The Hall–Kier alpha value is -2.46. The second-order valence-corrected chi connectivity index (χ2v) is 9.19. The van der Waals surface area contributed by atoms with Gasteiger partial charge in [-0.3, -0.25) is 4.79 Å². The number of nitrogens with zero attached hydrogens (tertiary/aromatic N) is 1. The third kappa shape index (κ3) is 4.04. The van der Waals surface area contributed by atoms with Crippen LogP contribution in [0.15, 0.2) is 29.4 Å². The van der Waals surface area contributed by atoms with E-state index in [-0.39, 0.29) is 55.2 Å². The van der Waals surface area contributed by atoms with Crippen molar-refractivity contribution < 1.29 is 63.1 Å². The number of rotatable bonds is 6. The topological polar surface area (TPSA) is 124 Å². The summed E-state index contributed by atoms with van der Waals surface area (Å²) < 4.78 is 21.4. The van der Waals surface area contributed by atoms with Gasteiger partial charge in [-0.2, -0.15) is 7.11 Å². The molecule has 10 nitrogen and oxygen atoms in total. The maximum Gasteiger partial charge on any atom is 0.334 e. The molecule has 2 saturated carbocycles. The molecule has 6 rings (SSSR count). The van der Waals surface area contributed by atoms with Gasteiger partial charge in [-0.05, 0) is 56.2 Å². The van der Waals surface area contributed by atoms with E-state index >= 15 is 0 Å². The van der Waals surface area contributed by atoms with Crippen molar-refractivity contribution in [2.75, 3.05) is 6.61 Å². The van der Waals surface area contributed by atoms with E-state index in [9.17, 15) is 19.8 Å². The van der Waals surface area contributed by atoms with Crippen LogP contribution in [0.4, 0.5) is 0 Å². The normalized spacial score (nSPS) is 25.1. The van der Waals surface area contributed by atoms with Crippen LogP contribution in [0.2, 0.25) is 0 Å². The summed E-state index contributed by atoms with van der Waals surface area (Å²) in [6.07, 6.45) is 2.92. The molecule has 0 bridgehead atoms. The van der Waals surface area contributed by atoms with E-state index in [0.29, 0.717) is 36.8 Å². The number of esters is 2. The summed E-state index contributed by atoms with van der Waals surface area (Å²) in [5.41, 5.74) is 1.83. The molecule has 182 valence electrons. The van der Waals surface area contributed by atoms with Crippen LogP contribution in [0.25, 0.3) is 5.57 Å². The molecule has 5 aliphatic rings. The first-order valence-electron chi connectivity index (χ1n) is 11.3. The predicted octanol–water partition coefficient (Wildman–Crippen LogP) is 1.95. The Morgan fingerprint density at radius 3 is 2.69 bits per heavy atom. The third-order valence-electron chi connectivity index (χ3n) is 6.95. The van der Waals surface area contributed by atoms with E-state index in [1.165, 1.54) is 0 Å². The fraction of sp³-hybridized carbons (Fsp3) is 0.458. The maximum absolute atomic E-state index is 12.4. The SMILES string of the molecule is [CH2-]OC(=O)C1(N2Oc3c(C4=CC5=C(CC4)C(=O)OC5)ccc(OC(O)C4CC4)c3OC2O)CC1.[Zn]. The minimum atomic E-state index is -1.61. The Morgan fingerprint density at radius 1 is 1.23 bits per heavy atom. The number of hydrogen-bond acceptors (Lipinski definition) is 10. The quantitative estimate of drug-likeness (QED) is 0.242. The number of aliphatic hydroxyl groups excluding tert-OH is 2. The zero-order valence-electron chi connectivity index (χ0n) is 19.0. The van der Waals surface area contributed by atoms with Crippen molar-refractivity contribution in [1.29, 1.82) is 0 Å². The molecule has 2 fully saturated rings. The average molecular weight is 536 g/mol. The second-order valence-electron chi connectivity index (χ2n) is 9.19. The molecule has 2 heterocycles. The van der Waals surface area contributed by atoms with Gasteiger partial charge in [0.05, 0.1) is 0 Å². The number of hydrogen-bond donors (Lipinski definition) is 2. The molecule has 0 amide bonds. The number of cyclic esters (lactones) is 1. The molecule has 1 aromatic rings. The molecule has 0 radical (unpaired) electrons. The van der Waals surface area contributed by atoms with Crippen molar-refractivity contribution in [3.63, 3.8) is 0 Å². The van der Waals surface area contributed by atoms with Gasteiger partial charge in [0, 0.05) is 42.1 Å². The van der Waals surface area contributed by atoms with Gasteiger partial charge in [-0.15, -0.1) is 0 Å². The Kier molecular flexibility index (Phi) is 6.16. The molecule has 2 N–H and O–H groups in total. The molecule has 3 aliphatic carbocycles. The summed E-state index contributed by atoms with van der Waals surface area (Å²) in [7, 11) is 3.20. The van der Waals surface area contributed by atoms with Crippen LogP contribution in [-0.2, 0) is 38.5 Å². The van der Waals surface area contributed by atoms with Crippen LogP contribution < -0.4 is 14.3 Å². The van der Waals surface area contributed by atoms with Crippen LogP contribution in [0.3, 0.4) is 0 Å². The van der Waals surface area contributed by atoms with E-state index in [4.69, 9.17) is 19.0 Å². The van der Waals surface area contributed by atoms with Gasteiger partial charge in [0.1, 0.15) is 6.61 Å².